The number of carbonyl (C=O) groups is 2. The Balaban J connectivity index is 4.67. The number of hydrogen-bond donors (Lipinski definition) is 2. The molecule has 0 aromatic carbocycles. The van der Waals surface area contributed by atoms with E-state index in [4.69, 9.17) is 0 Å². The summed E-state index contributed by atoms with van der Waals surface area (Å²) in [5, 5.41) is 5.35. The number of ether oxygens (including phenoxy) is 1. The van der Waals surface area contributed by atoms with Gasteiger partial charge in [0.1, 0.15) is 5.54 Å². The molecule has 2 N–H and O–H groups in total. The molecule has 0 fully saturated rings. The zero-order chi connectivity index (χ0) is 12.8. The Kier molecular flexibility index (Phi) is 5.85. The fourth-order valence-corrected chi connectivity index (χ4v) is 1.15. The van der Waals surface area contributed by atoms with Crippen molar-refractivity contribution in [2.75, 3.05) is 13.7 Å². The third-order valence-corrected chi connectivity index (χ3v) is 2.71. The molecule has 0 aromatic rings. The summed E-state index contributed by atoms with van der Waals surface area (Å²) in [6.45, 7) is 8.02. The lowest BCUT2D eigenvalue weighted by Crippen LogP contribution is -2.60. The minimum absolute atomic E-state index is 0.0246. The van der Waals surface area contributed by atoms with Crippen molar-refractivity contribution in [2.24, 2.45) is 5.92 Å². The molecule has 2 amide bonds. The molecule has 0 radical (unpaired) electrons. The Morgan fingerprint density at radius 3 is 2.31 bits per heavy atom. The van der Waals surface area contributed by atoms with Crippen LogP contribution in [0.1, 0.15) is 34.1 Å². The van der Waals surface area contributed by atoms with Gasteiger partial charge < -0.3 is 15.4 Å². The lowest BCUT2D eigenvalue weighted by molar-refractivity contribution is -0.128. The molecule has 0 saturated carbocycles. The van der Waals surface area contributed by atoms with Gasteiger partial charge in [-0.2, -0.15) is 0 Å². The van der Waals surface area contributed by atoms with Gasteiger partial charge in [-0.25, -0.2) is 4.79 Å². The van der Waals surface area contributed by atoms with E-state index in [2.05, 4.69) is 15.4 Å². The third-order valence-electron chi connectivity index (χ3n) is 2.71. The Morgan fingerprint density at radius 2 is 1.94 bits per heavy atom. The SMILES string of the molecule is CCCNC(=O)C(C)(NC(=O)OC)C(C)C. The second-order valence-corrected chi connectivity index (χ2v) is 4.23. The lowest BCUT2D eigenvalue weighted by atomic mass is 9.87. The summed E-state index contributed by atoms with van der Waals surface area (Å²) in [6.07, 6.45) is 0.265. The number of nitrogens with one attached hydrogen (secondary N) is 2. The second-order valence-electron chi connectivity index (χ2n) is 4.23. The Hall–Kier alpha value is -1.26. The first kappa shape index (κ1) is 14.7. The fraction of sp³-hybridized carbons (Fsp3) is 0.818. The van der Waals surface area contributed by atoms with Gasteiger partial charge in [-0.1, -0.05) is 20.8 Å². The molecular formula is C11H22N2O3. The first-order chi connectivity index (χ1) is 7.38. The lowest BCUT2D eigenvalue weighted by Gasteiger charge is -2.32. The minimum Gasteiger partial charge on any atom is -0.453 e. The number of rotatable bonds is 5. The van der Waals surface area contributed by atoms with E-state index in [9.17, 15) is 9.59 Å². The van der Waals surface area contributed by atoms with Crippen molar-refractivity contribution in [1.82, 2.24) is 10.6 Å². The van der Waals surface area contributed by atoms with Crippen LogP contribution < -0.4 is 10.6 Å². The highest BCUT2D eigenvalue weighted by Crippen LogP contribution is 2.16. The van der Waals surface area contributed by atoms with Crippen molar-refractivity contribution in [3.05, 3.63) is 0 Å². The predicted octanol–water partition coefficient (Wildman–Crippen LogP) is 1.28. The van der Waals surface area contributed by atoms with Gasteiger partial charge in [0.15, 0.2) is 0 Å². The molecule has 16 heavy (non-hydrogen) atoms. The fourth-order valence-electron chi connectivity index (χ4n) is 1.15. The van der Waals surface area contributed by atoms with Crippen LogP contribution in [0, 0.1) is 5.92 Å². The van der Waals surface area contributed by atoms with E-state index >= 15 is 0 Å². The van der Waals surface area contributed by atoms with Gasteiger partial charge in [0.25, 0.3) is 0 Å². The van der Waals surface area contributed by atoms with Crippen molar-refractivity contribution in [3.8, 4) is 0 Å². The van der Waals surface area contributed by atoms with Crippen LogP contribution in [0.3, 0.4) is 0 Å². The van der Waals surface area contributed by atoms with Crippen LogP contribution >= 0.6 is 0 Å². The standard InChI is InChI=1S/C11H22N2O3/c1-6-7-12-9(14)11(4,8(2)3)13-10(15)16-5/h8H,6-7H2,1-5H3,(H,12,14)(H,13,15). The molecule has 0 aliphatic heterocycles. The van der Waals surface area contributed by atoms with Gasteiger partial charge >= 0.3 is 6.09 Å². The maximum atomic E-state index is 11.9. The monoisotopic (exact) mass is 230 g/mol. The van der Waals surface area contributed by atoms with Crippen LogP contribution in [0.25, 0.3) is 0 Å². The highest BCUT2D eigenvalue weighted by Gasteiger charge is 2.38. The summed E-state index contributed by atoms with van der Waals surface area (Å²) in [6, 6.07) is 0. The molecule has 1 atom stereocenters. The number of amides is 2. The Labute approximate surface area is 96.9 Å². The first-order valence-corrected chi connectivity index (χ1v) is 5.52. The van der Waals surface area contributed by atoms with Crippen molar-refractivity contribution < 1.29 is 14.3 Å². The van der Waals surface area contributed by atoms with Crippen molar-refractivity contribution >= 4 is 12.0 Å². The van der Waals surface area contributed by atoms with E-state index in [-0.39, 0.29) is 11.8 Å². The van der Waals surface area contributed by atoms with Crippen molar-refractivity contribution in [2.45, 2.75) is 39.7 Å². The van der Waals surface area contributed by atoms with Gasteiger partial charge in [-0.15, -0.1) is 0 Å². The highest BCUT2D eigenvalue weighted by molar-refractivity contribution is 5.89. The second kappa shape index (κ2) is 6.35. The van der Waals surface area contributed by atoms with Gasteiger partial charge in [-0.05, 0) is 19.3 Å². The third kappa shape index (κ3) is 3.72. The zero-order valence-electron chi connectivity index (χ0n) is 10.7. The minimum atomic E-state index is -0.942. The van der Waals surface area contributed by atoms with E-state index in [0.29, 0.717) is 6.54 Å². The molecule has 0 aliphatic carbocycles. The van der Waals surface area contributed by atoms with E-state index in [1.165, 1.54) is 7.11 Å². The zero-order valence-corrected chi connectivity index (χ0v) is 10.7. The maximum Gasteiger partial charge on any atom is 0.407 e. The summed E-state index contributed by atoms with van der Waals surface area (Å²) in [5.41, 5.74) is -0.942. The highest BCUT2D eigenvalue weighted by atomic mass is 16.5. The van der Waals surface area contributed by atoms with E-state index < -0.39 is 11.6 Å². The summed E-state index contributed by atoms with van der Waals surface area (Å²) < 4.78 is 4.52. The number of methoxy groups -OCH3 is 1. The molecule has 0 rings (SSSR count). The van der Waals surface area contributed by atoms with Crippen LogP contribution in [0.2, 0.25) is 0 Å². The predicted molar refractivity (Wildman–Crippen MR) is 62.1 cm³/mol. The van der Waals surface area contributed by atoms with Gasteiger partial charge in [0, 0.05) is 6.54 Å². The summed E-state index contributed by atoms with van der Waals surface area (Å²) in [4.78, 5) is 23.1. The molecule has 0 aliphatic rings. The number of carbonyl (C=O) groups excluding carboxylic acids is 2. The number of alkyl carbamates (subject to hydrolysis) is 1. The summed E-state index contributed by atoms with van der Waals surface area (Å²) in [5.74, 6) is -0.210. The quantitative estimate of drug-likeness (QED) is 0.747. The van der Waals surface area contributed by atoms with Crippen molar-refractivity contribution in [1.29, 1.82) is 0 Å². The van der Waals surface area contributed by atoms with Gasteiger partial charge in [0.2, 0.25) is 5.91 Å². The molecule has 0 aromatic heterocycles. The molecule has 1 unspecified atom stereocenters. The van der Waals surface area contributed by atoms with Crippen LogP contribution in [0.4, 0.5) is 4.79 Å². The molecule has 0 saturated heterocycles. The van der Waals surface area contributed by atoms with Crippen LogP contribution in [0.5, 0.6) is 0 Å². The molecule has 0 spiro atoms. The van der Waals surface area contributed by atoms with Crippen molar-refractivity contribution in [3.63, 3.8) is 0 Å². The first-order valence-electron chi connectivity index (χ1n) is 5.52. The van der Waals surface area contributed by atoms with Gasteiger partial charge in [0.05, 0.1) is 7.11 Å². The topological polar surface area (TPSA) is 67.4 Å². The summed E-state index contributed by atoms with van der Waals surface area (Å²) >= 11 is 0. The van der Waals surface area contributed by atoms with E-state index in [1.807, 2.05) is 20.8 Å². The Bertz CT molecular complexity index is 254. The van der Waals surface area contributed by atoms with E-state index in [1.54, 1.807) is 6.92 Å². The largest absolute Gasteiger partial charge is 0.453 e. The maximum absolute atomic E-state index is 11.9. The molecule has 0 bridgehead atoms. The van der Waals surface area contributed by atoms with E-state index in [0.717, 1.165) is 6.42 Å². The molecular weight excluding hydrogens is 208 g/mol. The molecule has 94 valence electrons. The average molecular weight is 230 g/mol. The summed E-state index contributed by atoms with van der Waals surface area (Å²) in [7, 11) is 1.28. The smallest absolute Gasteiger partial charge is 0.407 e. The van der Waals surface area contributed by atoms with Crippen LogP contribution in [-0.2, 0) is 9.53 Å². The Morgan fingerprint density at radius 1 is 1.38 bits per heavy atom. The number of hydrogen-bond acceptors (Lipinski definition) is 3. The molecule has 5 nitrogen and oxygen atoms in total. The van der Waals surface area contributed by atoms with Crippen LogP contribution in [0.15, 0.2) is 0 Å². The molecule has 0 heterocycles. The normalized spacial score (nSPS) is 14.1. The average Bonchev–Trinajstić information content (AvgIpc) is 2.24. The van der Waals surface area contributed by atoms with Gasteiger partial charge in [-0.3, -0.25) is 4.79 Å². The van der Waals surface area contributed by atoms with Crippen LogP contribution in [-0.4, -0.2) is 31.2 Å². The molecule has 5 heteroatoms.